The third kappa shape index (κ3) is 11.1. The molecule has 0 radical (unpaired) electrons. The molecule has 0 aliphatic carbocycles. The van der Waals surface area contributed by atoms with Crippen molar-refractivity contribution in [2.45, 2.75) is 0 Å². The van der Waals surface area contributed by atoms with Crippen LogP contribution >= 0.6 is 0 Å². The molecule has 1 N–H and O–H groups in total. The molecule has 0 aliphatic heterocycles. The number of rotatable bonds is 10. The van der Waals surface area contributed by atoms with Crippen molar-refractivity contribution in [2.75, 3.05) is 39.6 Å². The molecule has 5 nitrogen and oxygen atoms in total. The van der Waals surface area contributed by atoms with Crippen molar-refractivity contribution >= 4 is 5.97 Å². The summed E-state index contributed by atoms with van der Waals surface area (Å²) in [4.78, 5) is 10.0. The van der Waals surface area contributed by atoms with Gasteiger partial charge in [-0.1, -0.05) is 6.08 Å². The number of carboxylic acids is 1. The summed E-state index contributed by atoms with van der Waals surface area (Å²) < 4.78 is 14.9. The molecular weight excluding hydrogens is 188 g/mol. The summed E-state index contributed by atoms with van der Waals surface area (Å²) in [6, 6.07) is 0. The average Bonchev–Trinajstić information content (AvgIpc) is 2.15. The molecule has 0 fully saturated rings. The molecule has 0 atom stereocenters. The Morgan fingerprint density at radius 3 is 2.29 bits per heavy atom. The summed E-state index contributed by atoms with van der Waals surface area (Å²) in [7, 11) is 0. The zero-order chi connectivity index (χ0) is 10.6. The Balaban J connectivity index is 2.92. The highest BCUT2D eigenvalue weighted by molar-refractivity contribution is 5.67. The van der Waals surface area contributed by atoms with Crippen LogP contribution in [0.25, 0.3) is 0 Å². The lowest BCUT2D eigenvalue weighted by Gasteiger charge is -2.04. The molecule has 0 aromatic heterocycles. The maximum Gasteiger partial charge on any atom is 0.329 e. The zero-order valence-electron chi connectivity index (χ0n) is 8.11. The fourth-order valence-electron chi connectivity index (χ4n) is 0.664. The van der Waals surface area contributed by atoms with E-state index in [1.54, 1.807) is 6.08 Å². The van der Waals surface area contributed by atoms with Crippen LogP contribution in [0.15, 0.2) is 12.7 Å². The van der Waals surface area contributed by atoms with Crippen LogP contribution in [-0.4, -0.2) is 50.7 Å². The zero-order valence-corrected chi connectivity index (χ0v) is 8.11. The summed E-state index contributed by atoms with van der Waals surface area (Å²) in [5.74, 6) is -0.973. The smallest absolute Gasteiger partial charge is 0.329 e. The Kier molecular flexibility index (Phi) is 9.51. The topological polar surface area (TPSA) is 65.0 Å². The van der Waals surface area contributed by atoms with Crippen LogP contribution in [0, 0.1) is 0 Å². The van der Waals surface area contributed by atoms with Gasteiger partial charge in [0.15, 0.2) is 0 Å². The molecule has 0 unspecified atom stereocenters. The van der Waals surface area contributed by atoms with Crippen LogP contribution in [0.4, 0.5) is 0 Å². The van der Waals surface area contributed by atoms with E-state index in [1.807, 2.05) is 0 Å². The molecule has 14 heavy (non-hydrogen) atoms. The molecule has 0 bridgehead atoms. The second kappa shape index (κ2) is 10.2. The number of hydrogen-bond acceptors (Lipinski definition) is 4. The molecule has 0 aromatic carbocycles. The monoisotopic (exact) mass is 204 g/mol. The minimum atomic E-state index is -0.973. The van der Waals surface area contributed by atoms with E-state index in [4.69, 9.17) is 19.3 Å². The molecule has 0 saturated heterocycles. The van der Waals surface area contributed by atoms with E-state index >= 15 is 0 Å². The Labute approximate surface area is 83.3 Å². The summed E-state index contributed by atoms with van der Waals surface area (Å²) >= 11 is 0. The largest absolute Gasteiger partial charge is 0.480 e. The van der Waals surface area contributed by atoms with Gasteiger partial charge in [-0.25, -0.2) is 4.79 Å². The second-order valence-electron chi connectivity index (χ2n) is 2.42. The van der Waals surface area contributed by atoms with Crippen LogP contribution in [0.2, 0.25) is 0 Å². The molecule has 0 aliphatic rings. The maximum atomic E-state index is 10.0. The van der Waals surface area contributed by atoms with Gasteiger partial charge < -0.3 is 19.3 Å². The summed E-state index contributed by atoms with van der Waals surface area (Å²) in [6.07, 6.45) is 1.66. The Morgan fingerprint density at radius 1 is 1.14 bits per heavy atom. The van der Waals surface area contributed by atoms with Crippen molar-refractivity contribution in [3.8, 4) is 0 Å². The van der Waals surface area contributed by atoms with Crippen molar-refractivity contribution in [3.63, 3.8) is 0 Å². The van der Waals surface area contributed by atoms with E-state index in [9.17, 15) is 4.79 Å². The van der Waals surface area contributed by atoms with Gasteiger partial charge >= 0.3 is 5.97 Å². The molecule has 0 amide bonds. The normalized spacial score (nSPS) is 10.0. The van der Waals surface area contributed by atoms with E-state index in [2.05, 4.69) is 6.58 Å². The Morgan fingerprint density at radius 2 is 1.71 bits per heavy atom. The van der Waals surface area contributed by atoms with Gasteiger partial charge in [0.2, 0.25) is 0 Å². The van der Waals surface area contributed by atoms with Crippen LogP contribution < -0.4 is 0 Å². The van der Waals surface area contributed by atoms with Gasteiger partial charge in [-0.15, -0.1) is 6.58 Å². The highest BCUT2D eigenvalue weighted by Crippen LogP contribution is 1.81. The summed E-state index contributed by atoms with van der Waals surface area (Å²) in [5, 5.41) is 8.22. The highest BCUT2D eigenvalue weighted by Gasteiger charge is 1.95. The van der Waals surface area contributed by atoms with E-state index in [0.29, 0.717) is 26.4 Å². The van der Waals surface area contributed by atoms with E-state index in [1.165, 1.54) is 0 Å². The lowest BCUT2D eigenvalue weighted by Crippen LogP contribution is -2.13. The number of aliphatic carboxylic acids is 1. The summed E-state index contributed by atoms with van der Waals surface area (Å²) in [5.41, 5.74) is 0. The third-order valence-corrected chi connectivity index (χ3v) is 1.21. The van der Waals surface area contributed by atoms with Gasteiger partial charge in [-0.05, 0) is 0 Å². The van der Waals surface area contributed by atoms with Crippen LogP contribution in [-0.2, 0) is 19.0 Å². The highest BCUT2D eigenvalue weighted by atomic mass is 16.5. The summed E-state index contributed by atoms with van der Waals surface area (Å²) in [6.45, 7) is 5.37. The van der Waals surface area contributed by atoms with Gasteiger partial charge in [0.1, 0.15) is 6.61 Å². The first kappa shape index (κ1) is 13.1. The molecule has 0 rings (SSSR count). The average molecular weight is 204 g/mol. The molecule has 0 spiro atoms. The lowest BCUT2D eigenvalue weighted by atomic mass is 10.6. The Hall–Kier alpha value is -0.910. The predicted octanol–water partition coefficient (Wildman–Crippen LogP) is 0.307. The second-order valence-corrected chi connectivity index (χ2v) is 2.42. The first-order valence-corrected chi connectivity index (χ1v) is 4.33. The SMILES string of the molecule is C=CCOCCOCCOCC(=O)O. The first-order chi connectivity index (χ1) is 6.77. The Bertz CT molecular complexity index is 157. The van der Waals surface area contributed by atoms with Crippen molar-refractivity contribution in [1.29, 1.82) is 0 Å². The standard InChI is InChI=1S/C9H16O5/c1-2-3-12-4-5-13-6-7-14-8-9(10)11/h2H,1,3-8H2,(H,10,11). The van der Waals surface area contributed by atoms with Crippen LogP contribution in [0.5, 0.6) is 0 Å². The quantitative estimate of drug-likeness (QED) is 0.409. The van der Waals surface area contributed by atoms with Crippen LogP contribution in [0.3, 0.4) is 0 Å². The fourth-order valence-corrected chi connectivity index (χ4v) is 0.664. The minimum Gasteiger partial charge on any atom is -0.480 e. The number of hydrogen-bond donors (Lipinski definition) is 1. The molecular formula is C9H16O5. The lowest BCUT2D eigenvalue weighted by molar-refractivity contribution is -0.142. The van der Waals surface area contributed by atoms with Gasteiger partial charge in [-0.3, -0.25) is 0 Å². The van der Waals surface area contributed by atoms with E-state index < -0.39 is 5.97 Å². The predicted molar refractivity (Wildman–Crippen MR) is 50.3 cm³/mol. The van der Waals surface area contributed by atoms with Gasteiger partial charge in [-0.2, -0.15) is 0 Å². The van der Waals surface area contributed by atoms with Gasteiger partial charge in [0, 0.05) is 0 Å². The van der Waals surface area contributed by atoms with E-state index in [0.717, 1.165) is 0 Å². The number of carbonyl (C=O) groups is 1. The first-order valence-electron chi connectivity index (χ1n) is 4.33. The van der Waals surface area contributed by atoms with Crippen molar-refractivity contribution in [2.24, 2.45) is 0 Å². The van der Waals surface area contributed by atoms with Crippen LogP contribution in [0.1, 0.15) is 0 Å². The van der Waals surface area contributed by atoms with Gasteiger partial charge in [0.05, 0.1) is 33.0 Å². The van der Waals surface area contributed by atoms with Gasteiger partial charge in [0.25, 0.3) is 0 Å². The number of carboxylic acid groups (broad SMARTS) is 1. The van der Waals surface area contributed by atoms with E-state index in [-0.39, 0.29) is 13.2 Å². The maximum absolute atomic E-state index is 10.0. The molecule has 0 saturated carbocycles. The molecule has 0 aromatic rings. The van der Waals surface area contributed by atoms with Crippen molar-refractivity contribution in [1.82, 2.24) is 0 Å². The molecule has 5 heteroatoms. The molecule has 0 heterocycles. The van der Waals surface area contributed by atoms with Crippen molar-refractivity contribution < 1.29 is 24.1 Å². The third-order valence-electron chi connectivity index (χ3n) is 1.21. The molecule has 82 valence electrons. The fraction of sp³-hybridized carbons (Fsp3) is 0.667. The van der Waals surface area contributed by atoms with Crippen molar-refractivity contribution in [3.05, 3.63) is 12.7 Å². The minimum absolute atomic E-state index is 0.281. The number of ether oxygens (including phenoxy) is 3.